The van der Waals surface area contributed by atoms with Gasteiger partial charge in [0, 0.05) is 18.1 Å². The van der Waals surface area contributed by atoms with Crippen LogP contribution in [0.2, 0.25) is 0 Å². The molecule has 1 unspecified atom stereocenters. The fraction of sp³-hybridized carbons (Fsp3) is 0.308. The Labute approximate surface area is 305 Å². The van der Waals surface area contributed by atoms with Crippen LogP contribution in [0.5, 0.6) is 23.0 Å². The molecule has 0 bridgehead atoms. The van der Waals surface area contributed by atoms with Crippen molar-refractivity contribution in [3.63, 3.8) is 0 Å². The first-order valence-corrected chi connectivity index (χ1v) is 16.9. The lowest BCUT2D eigenvalue weighted by molar-refractivity contribution is -0.376. The van der Waals surface area contributed by atoms with Crippen LogP contribution in [0.15, 0.2) is 84.9 Å². The Balaban J connectivity index is 1.29. The van der Waals surface area contributed by atoms with Gasteiger partial charge in [-0.2, -0.15) is 26.3 Å². The second-order valence-electron chi connectivity index (χ2n) is 13.1. The molecule has 0 aromatic heterocycles. The van der Waals surface area contributed by atoms with Crippen molar-refractivity contribution in [1.29, 1.82) is 0 Å². The monoisotopic (exact) mass is 756 g/mol. The summed E-state index contributed by atoms with van der Waals surface area (Å²) in [4.78, 5) is 41.5. The summed E-state index contributed by atoms with van der Waals surface area (Å²) >= 11 is 0. The maximum atomic E-state index is 13.8. The minimum atomic E-state index is -6.07. The van der Waals surface area contributed by atoms with Crippen LogP contribution < -0.4 is 19.5 Å². The molecule has 2 heterocycles. The van der Waals surface area contributed by atoms with Gasteiger partial charge in [0.1, 0.15) is 35.1 Å². The van der Waals surface area contributed by atoms with E-state index < -0.39 is 53.3 Å². The normalized spacial score (nSPS) is 17.2. The molecule has 0 radical (unpaired) electrons. The number of aliphatic hydroxyl groups is 1. The van der Waals surface area contributed by atoms with E-state index >= 15 is 0 Å². The van der Waals surface area contributed by atoms with Crippen LogP contribution >= 0.6 is 0 Å². The molecule has 0 saturated carbocycles. The third kappa shape index (κ3) is 7.07. The number of amides is 3. The van der Waals surface area contributed by atoms with Crippen molar-refractivity contribution in [1.82, 2.24) is 10.2 Å². The molecule has 2 aliphatic heterocycles. The van der Waals surface area contributed by atoms with Gasteiger partial charge in [-0.15, -0.1) is 0 Å². The van der Waals surface area contributed by atoms with Gasteiger partial charge in [0.25, 0.3) is 11.5 Å². The number of hydrogen-bond acceptors (Lipinski definition) is 7. The molecule has 4 aromatic carbocycles. The molecular weight excluding hydrogens is 722 g/mol. The van der Waals surface area contributed by atoms with E-state index in [1.807, 2.05) is 0 Å². The maximum Gasteiger partial charge on any atom is 0.430 e. The number of benzene rings is 4. The average molecular weight is 757 g/mol. The second kappa shape index (κ2) is 14.3. The van der Waals surface area contributed by atoms with Gasteiger partial charge in [-0.1, -0.05) is 55.8 Å². The highest BCUT2D eigenvalue weighted by atomic mass is 19.4. The second-order valence-corrected chi connectivity index (χ2v) is 13.1. The van der Waals surface area contributed by atoms with Crippen molar-refractivity contribution < 1.29 is 60.0 Å². The number of ketones is 1. The topological polar surface area (TPSA) is 114 Å². The van der Waals surface area contributed by atoms with Crippen molar-refractivity contribution in [2.24, 2.45) is 0 Å². The van der Waals surface area contributed by atoms with Crippen LogP contribution in [0.25, 0.3) is 0 Å². The van der Waals surface area contributed by atoms with E-state index in [4.69, 9.17) is 14.2 Å². The van der Waals surface area contributed by atoms with Crippen molar-refractivity contribution >= 4 is 17.7 Å². The van der Waals surface area contributed by atoms with E-state index in [9.17, 15) is 45.8 Å². The largest absolute Gasteiger partial charge is 0.493 e. The summed E-state index contributed by atoms with van der Waals surface area (Å²) in [6.45, 7) is 3.01. The molecule has 1 fully saturated rings. The number of rotatable bonds is 12. The van der Waals surface area contributed by atoms with Gasteiger partial charge >= 0.3 is 18.4 Å². The summed E-state index contributed by atoms with van der Waals surface area (Å²) in [5.41, 5.74) is -5.97. The Hall–Kier alpha value is -5.57. The van der Waals surface area contributed by atoms with Gasteiger partial charge in [-0.3, -0.25) is 14.5 Å². The number of ether oxygens (including phenoxy) is 3. The quantitative estimate of drug-likeness (QED) is 0.0859. The highest BCUT2D eigenvalue weighted by Gasteiger charge is 2.71. The van der Waals surface area contributed by atoms with Crippen molar-refractivity contribution in [2.75, 3.05) is 13.2 Å². The number of nitrogens with zero attached hydrogens (tertiary/aromatic N) is 1. The molecule has 3 amide bonds. The molecule has 4 aromatic rings. The summed E-state index contributed by atoms with van der Waals surface area (Å²) in [6, 6.07) is 19.2. The summed E-state index contributed by atoms with van der Waals surface area (Å²) in [6.07, 6.45) is -11.2. The Morgan fingerprint density at radius 2 is 1.65 bits per heavy atom. The number of fused-ring (bicyclic) bond motifs is 1. The molecule has 1 atom stereocenters. The predicted octanol–water partition coefficient (Wildman–Crippen LogP) is 7.91. The molecule has 2 N–H and O–H groups in total. The number of Topliss-reactive ketones (excluding diaryl/α,β-unsaturated/α-hetero) is 1. The predicted molar refractivity (Wildman–Crippen MR) is 181 cm³/mol. The summed E-state index contributed by atoms with van der Waals surface area (Å²) in [5.74, 6) is -0.764. The number of urea groups is 1. The van der Waals surface area contributed by atoms with E-state index in [-0.39, 0.29) is 41.4 Å². The number of nitrogens with one attached hydrogen (secondary N) is 1. The molecule has 1 saturated heterocycles. The molecule has 0 spiro atoms. The summed E-state index contributed by atoms with van der Waals surface area (Å²) < 4.78 is 99.3. The van der Waals surface area contributed by atoms with Crippen LogP contribution in [-0.4, -0.2) is 53.2 Å². The Morgan fingerprint density at radius 3 is 2.33 bits per heavy atom. The highest BCUT2D eigenvalue weighted by molar-refractivity contribution is 6.11. The van der Waals surface area contributed by atoms with Crippen LogP contribution in [-0.2, 0) is 35.4 Å². The number of carbonyl (C=O) groups excluding carboxylic acids is 3. The molecular formula is C39H34F6N2O7. The lowest BCUT2D eigenvalue weighted by atomic mass is 9.90. The van der Waals surface area contributed by atoms with Crippen LogP contribution in [0.4, 0.5) is 31.1 Å². The molecule has 284 valence electrons. The van der Waals surface area contributed by atoms with Gasteiger partial charge in [-0.05, 0) is 72.0 Å². The zero-order chi connectivity index (χ0) is 39.1. The first-order valence-electron chi connectivity index (χ1n) is 16.9. The zero-order valence-corrected chi connectivity index (χ0v) is 28.9. The van der Waals surface area contributed by atoms with Crippen molar-refractivity contribution in [2.45, 2.75) is 63.2 Å². The Bertz CT molecular complexity index is 2070. The minimum absolute atomic E-state index is 0.00442. The zero-order valence-electron chi connectivity index (χ0n) is 28.9. The number of imide groups is 1. The van der Waals surface area contributed by atoms with Gasteiger partial charge in [0.2, 0.25) is 0 Å². The van der Waals surface area contributed by atoms with Crippen molar-refractivity contribution in [3.8, 4) is 23.0 Å². The van der Waals surface area contributed by atoms with Gasteiger partial charge in [-0.25, -0.2) is 4.79 Å². The van der Waals surface area contributed by atoms with Crippen LogP contribution in [0.1, 0.15) is 58.4 Å². The third-order valence-corrected chi connectivity index (χ3v) is 9.38. The smallest absolute Gasteiger partial charge is 0.430 e. The minimum Gasteiger partial charge on any atom is -0.493 e. The SMILES string of the molecule is CCCc1cc(C(O)(C(F)(F)F)C(F)(F)F)ccc1Oc1ccc(C(=O)CN2C(=O)NC(C)(c3ccc4c(c3)CCO4)C2=O)c(OCc2ccccc2)c1. The summed E-state index contributed by atoms with van der Waals surface area (Å²) in [7, 11) is 0. The Kier molecular flexibility index (Phi) is 10.1. The maximum absolute atomic E-state index is 13.8. The molecule has 6 rings (SSSR count). The highest BCUT2D eigenvalue weighted by Crippen LogP contribution is 2.51. The first kappa shape index (κ1) is 38.2. The van der Waals surface area contributed by atoms with E-state index in [1.54, 1.807) is 62.4 Å². The molecule has 0 aliphatic carbocycles. The number of alkyl halides is 6. The first-order chi connectivity index (χ1) is 25.5. The van der Waals surface area contributed by atoms with E-state index in [0.717, 1.165) is 22.1 Å². The third-order valence-electron chi connectivity index (χ3n) is 9.38. The number of hydrogen-bond donors (Lipinski definition) is 2. The Morgan fingerprint density at radius 1 is 0.926 bits per heavy atom. The molecule has 15 heteroatoms. The molecule has 2 aliphatic rings. The van der Waals surface area contributed by atoms with E-state index in [2.05, 4.69) is 5.32 Å². The average Bonchev–Trinajstić information content (AvgIpc) is 3.68. The van der Waals surface area contributed by atoms with E-state index in [1.165, 1.54) is 18.2 Å². The standard InChI is InChI=1S/C39H34F6N2O7/c1-3-7-24-19-27(37(51,38(40,41)42)39(43,44)45)11-15-32(24)54-28-12-13-29(33(20-28)53-22-23-8-5-4-6-9-23)30(48)21-47-34(49)36(2,46-35(47)50)26-10-14-31-25(18-26)16-17-52-31/h4-6,8-15,18-20,51H,3,7,16-17,21-22H2,1-2H3,(H,46,50). The van der Waals surface area contributed by atoms with Gasteiger partial charge in [0.05, 0.1) is 18.7 Å². The summed E-state index contributed by atoms with van der Waals surface area (Å²) in [5, 5.41) is 12.7. The van der Waals surface area contributed by atoms with Gasteiger partial charge < -0.3 is 24.6 Å². The lowest BCUT2D eigenvalue weighted by Crippen LogP contribution is -2.53. The molecule has 9 nitrogen and oxygen atoms in total. The molecule has 54 heavy (non-hydrogen) atoms. The lowest BCUT2D eigenvalue weighted by Gasteiger charge is -2.33. The van der Waals surface area contributed by atoms with Crippen molar-refractivity contribution in [3.05, 3.63) is 118 Å². The van der Waals surface area contributed by atoms with Crippen LogP contribution in [0, 0.1) is 0 Å². The fourth-order valence-corrected chi connectivity index (χ4v) is 6.40. The fourth-order valence-electron chi connectivity index (χ4n) is 6.40. The van der Waals surface area contributed by atoms with E-state index in [0.29, 0.717) is 42.9 Å². The number of aryl methyl sites for hydroxylation is 1. The van der Waals surface area contributed by atoms with Gasteiger partial charge in [0.15, 0.2) is 5.78 Å². The number of halogens is 6. The number of carbonyl (C=O) groups is 3. The van der Waals surface area contributed by atoms with Crippen LogP contribution in [0.3, 0.4) is 0 Å².